The van der Waals surface area contributed by atoms with Crippen LogP contribution in [0.4, 0.5) is 0 Å². The van der Waals surface area contributed by atoms with Crippen LogP contribution in [-0.4, -0.2) is 26.5 Å². The van der Waals surface area contributed by atoms with Gasteiger partial charge >= 0.3 is 0 Å². The molecule has 0 aliphatic carbocycles. The fourth-order valence-corrected chi connectivity index (χ4v) is 1.82. The molecule has 18 heavy (non-hydrogen) atoms. The first kappa shape index (κ1) is 12.6. The monoisotopic (exact) mass is 264 g/mol. The summed E-state index contributed by atoms with van der Waals surface area (Å²) in [5.74, 6) is -0.199. The summed E-state index contributed by atoms with van der Waals surface area (Å²) in [5.41, 5.74) is 0.434. The average Bonchev–Trinajstić information content (AvgIpc) is 2.82. The van der Waals surface area contributed by atoms with Crippen molar-refractivity contribution in [2.24, 2.45) is 0 Å². The minimum Gasteiger partial charge on any atom is -0.348 e. The first-order chi connectivity index (χ1) is 8.66. The van der Waals surface area contributed by atoms with Crippen molar-refractivity contribution in [1.82, 2.24) is 19.9 Å². The minimum absolute atomic E-state index is 0.0177. The quantitative estimate of drug-likeness (QED) is 0.915. The summed E-state index contributed by atoms with van der Waals surface area (Å²) in [6.45, 7) is 2.58. The minimum atomic E-state index is -0.199. The highest BCUT2D eigenvalue weighted by atomic mass is 35.5. The highest BCUT2D eigenvalue weighted by Crippen LogP contribution is 2.13. The smallest absolute Gasteiger partial charge is 0.253 e. The van der Waals surface area contributed by atoms with Crippen molar-refractivity contribution in [3.05, 3.63) is 47.8 Å². The highest BCUT2D eigenvalue weighted by Gasteiger charge is 2.12. The lowest BCUT2D eigenvalue weighted by atomic mass is 10.2. The Kier molecular flexibility index (Phi) is 3.94. The fraction of sp³-hybridized carbons (Fsp3) is 0.250. The Balaban J connectivity index is 1.97. The molecule has 0 aliphatic rings. The molecule has 2 rings (SSSR count). The number of halogens is 1. The van der Waals surface area contributed by atoms with Crippen molar-refractivity contribution in [1.29, 1.82) is 0 Å². The predicted molar refractivity (Wildman–Crippen MR) is 68.4 cm³/mol. The lowest BCUT2D eigenvalue weighted by molar-refractivity contribution is 0.0937. The molecule has 0 bridgehead atoms. The Labute approximate surface area is 110 Å². The summed E-state index contributed by atoms with van der Waals surface area (Å²) in [6, 6.07) is 1.58. The third-order valence-corrected chi connectivity index (χ3v) is 2.74. The maximum atomic E-state index is 12.0. The molecule has 2 aromatic heterocycles. The van der Waals surface area contributed by atoms with Crippen LogP contribution >= 0.6 is 11.6 Å². The molecule has 1 N–H and O–H groups in total. The van der Waals surface area contributed by atoms with Crippen molar-refractivity contribution in [2.75, 3.05) is 0 Å². The first-order valence-corrected chi connectivity index (χ1v) is 5.90. The number of hydrogen-bond acceptors (Lipinski definition) is 3. The zero-order chi connectivity index (χ0) is 13.0. The molecule has 1 unspecified atom stereocenters. The third-order valence-electron chi connectivity index (χ3n) is 2.44. The number of aromatic nitrogens is 3. The van der Waals surface area contributed by atoms with Gasteiger partial charge in [0.15, 0.2) is 0 Å². The average molecular weight is 265 g/mol. The zero-order valence-electron chi connectivity index (χ0n) is 9.88. The van der Waals surface area contributed by atoms with Crippen LogP contribution in [0.15, 0.2) is 37.2 Å². The highest BCUT2D eigenvalue weighted by molar-refractivity contribution is 6.33. The number of carbonyl (C=O) groups is 1. The number of pyridine rings is 1. The van der Waals surface area contributed by atoms with E-state index in [-0.39, 0.29) is 11.9 Å². The van der Waals surface area contributed by atoms with E-state index < -0.39 is 0 Å². The first-order valence-electron chi connectivity index (χ1n) is 5.53. The van der Waals surface area contributed by atoms with Gasteiger partial charge in [0, 0.05) is 37.4 Å². The Morgan fingerprint density at radius 2 is 2.33 bits per heavy atom. The molecule has 1 amide bonds. The topological polar surface area (TPSA) is 59.8 Å². The van der Waals surface area contributed by atoms with Crippen molar-refractivity contribution in [3.8, 4) is 0 Å². The van der Waals surface area contributed by atoms with Gasteiger partial charge in [-0.15, -0.1) is 0 Å². The van der Waals surface area contributed by atoms with Crippen LogP contribution in [0.2, 0.25) is 5.02 Å². The van der Waals surface area contributed by atoms with Crippen molar-refractivity contribution >= 4 is 17.5 Å². The molecule has 0 saturated heterocycles. The van der Waals surface area contributed by atoms with E-state index in [1.54, 1.807) is 24.8 Å². The molecule has 2 aromatic rings. The van der Waals surface area contributed by atoms with Gasteiger partial charge < -0.3 is 9.88 Å². The molecular formula is C12H13ClN4O. The number of imidazole rings is 1. The van der Waals surface area contributed by atoms with Gasteiger partial charge in [0.2, 0.25) is 0 Å². The lowest BCUT2D eigenvalue weighted by Gasteiger charge is -2.14. The standard InChI is InChI=1S/C12H13ClN4O/c1-9(7-17-5-4-15-8-17)16-12(18)10-2-3-14-6-11(10)13/h2-6,8-9H,7H2,1H3,(H,16,18). The van der Waals surface area contributed by atoms with Crippen LogP contribution in [0.5, 0.6) is 0 Å². The van der Waals surface area contributed by atoms with E-state index in [0.717, 1.165) is 0 Å². The molecule has 94 valence electrons. The molecular weight excluding hydrogens is 252 g/mol. The van der Waals surface area contributed by atoms with E-state index in [2.05, 4.69) is 15.3 Å². The van der Waals surface area contributed by atoms with Crippen LogP contribution in [0.1, 0.15) is 17.3 Å². The van der Waals surface area contributed by atoms with Crippen LogP contribution in [0, 0.1) is 0 Å². The van der Waals surface area contributed by atoms with Crippen LogP contribution in [-0.2, 0) is 6.54 Å². The molecule has 6 heteroatoms. The van der Waals surface area contributed by atoms with Crippen LogP contribution in [0.25, 0.3) is 0 Å². The van der Waals surface area contributed by atoms with Gasteiger partial charge in [-0.3, -0.25) is 9.78 Å². The third kappa shape index (κ3) is 3.07. The summed E-state index contributed by atoms with van der Waals surface area (Å²) < 4.78 is 1.90. The van der Waals surface area contributed by atoms with Gasteiger partial charge in [0.05, 0.1) is 16.9 Å². The number of rotatable bonds is 4. The summed E-state index contributed by atoms with van der Waals surface area (Å²) in [7, 11) is 0. The second-order valence-electron chi connectivity index (χ2n) is 3.99. The maximum Gasteiger partial charge on any atom is 0.253 e. The Morgan fingerprint density at radius 1 is 1.50 bits per heavy atom. The fourth-order valence-electron chi connectivity index (χ4n) is 1.62. The van der Waals surface area contributed by atoms with Gasteiger partial charge in [-0.2, -0.15) is 0 Å². The van der Waals surface area contributed by atoms with Crippen LogP contribution in [0.3, 0.4) is 0 Å². The van der Waals surface area contributed by atoms with Crippen molar-refractivity contribution in [3.63, 3.8) is 0 Å². The van der Waals surface area contributed by atoms with Crippen molar-refractivity contribution < 1.29 is 4.79 Å². The number of hydrogen-bond donors (Lipinski definition) is 1. The number of amides is 1. The number of nitrogens with zero attached hydrogens (tertiary/aromatic N) is 3. The van der Waals surface area contributed by atoms with Gasteiger partial charge in [0.1, 0.15) is 0 Å². The predicted octanol–water partition coefficient (Wildman–Crippen LogP) is 1.75. The Bertz CT molecular complexity index is 527. The zero-order valence-corrected chi connectivity index (χ0v) is 10.6. The van der Waals surface area contributed by atoms with Gasteiger partial charge in [-0.05, 0) is 13.0 Å². The van der Waals surface area contributed by atoms with E-state index in [9.17, 15) is 4.79 Å². The van der Waals surface area contributed by atoms with Crippen molar-refractivity contribution in [2.45, 2.75) is 19.5 Å². The molecule has 0 radical (unpaired) electrons. The molecule has 2 heterocycles. The molecule has 0 spiro atoms. The summed E-state index contributed by atoms with van der Waals surface area (Å²) in [4.78, 5) is 19.7. The maximum absolute atomic E-state index is 12.0. The molecule has 0 fully saturated rings. The SMILES string of the molecule is CC(Cn1ccnc1)NC(=O)c1ccncc1Cl. The second-order valence-corrected chi connectivity index (χ2v) is 4.40. The van der Waals surface area contributed by atoms with E-state index >= 15 is 0 Å². The van der Waals surface area contributed by atoms with E-state index in [4.69, 9.17) is 11.6 Å². The summed E-state index contributed by atoms with van der Waals surface area (Å²) >= 11 is 5.91. The molecule has 0 aliphatic heterocycles. The van der Waals surface area contributed by atoms with E-state index in [1.807, 2.05) is 17.7 Å². The van der Waals surface area contributed by atoms with Gasteiger partial charge in [0.25, 0.3) is 5.91 Å². The van der Waals surface area contributed by atoms with Gasteiger partial charge in [-0.1, -0.05) is 11.6 Å². The number of nitrogens with one attached hydrogen (secondary N) is 1. The molecule has 1 atom stereocenters. The number of carbonyl (C=O) groups excluding carboxylic acids is 1. The molecule has 0 saturated carbocycles. The Hall–Kier alpha value is -1.88. The van der Waals surface area contributed by atoms with E-state index in [0.29, 0.717) is 17.1 Å². The largest absolute Gasteiger partial charge is 0.348 e. The normalized spacial score (nSPS) is 12.1. The van der Waals surface area contributed by atoms with Crippen LogP contribution < -0.4 is 5.32 Å². The Morgan fingerprint density at radius 3 is 3.00 bits per heavy atom. The van der Waals surface area contributed by atoms with Gasteiger partial charge in [-0.25, -0.2) is 4.98 Å². The molecule has 0 aromatic carbocycles. The summed E-state index contributed by atoms with van der Waals surface area (Å²) in [5, 5.41) is 3.23. The van der Waals surface area contributed by atoms with E-state index in [1.165, 1.54) is 6.20 Å². The molecule has 5 nitrogen and oxygen atoms in total. The lowest BCUT2D eigenvalue weighted by Crippen LogP contribution is -2.35. The second kappa shape index (κ2) is 5.64. The summed E-state index contributed by atoms with van der Waals surface area (Å²) in [6.07, 6.45) is 8.26.